The number of hydrogen-bond donors (Lipinski definition) is 2. The third-order valence-corrected chi connectivity index (χ3v) is 3.97. The highest BCUT2D eigenvalue weighted by molar-refractivity contribution is 6.69. The quantitative estimate of drug-likeness (QED) is 0.735. The van der Waals surface area contributed by atoms with Crippen LogP contribution in [0.25, 0.3) is 0 Å². The van der Waals surface area contributed by atoms with Gasteiger partial charge in [-0.1, -0.05) is 0 Å². The SMILES string of the molecule is C[Si](C)(C)OC[C@H]1O[C@@H](n2cnc(N)nc2=O)C[C@@H]1O. The Hall–Kier alpha value is -1.29. The van der Waals surface area contributed by atoms with Crippen LogP contribution >= 0.6 is 0 Å². The van der Waals surface area contributed by atoms with Gasteiger partial charge in [-0.25, -0.2) is 9.78 Å². The monoisotopic (exact) mass is 300 g/mol. The van der Waals surface area contributed by atoms with Gasteiger partial charge in [-0.2, -0.15) is 4.98 Å². The molecule has 0 bridgehead atoms. The fourth-order valence-corrected chi connectivity index (χ4v) is 2.59. The molecule has 20 heavy (non-hydrogen) atoms. The Morgan fingerprint density at radius 2 is 2.30 bits per heavy atom. The molecule has 2 rings (SSSR count). The van der Waals surface area contributed by atoms with Gasteiger partial charge in [0.15, 0.2) is 8.32 Å². The fourth-order valence-electron chi connectivity index (χ4n) is 1.92. The first-order valence-corrected chi connectivity index (χ1v) is 9.85. The molecule has 0 saturated carbocycles. The van der Waals surface area contributed by atoms with Crippen LogP contribution in [-0.4, -0.2) is 46.8 Å². The number of nitrogen functional groups attached to an aromatic ring is 1. The summed E-state index contributed by atoms with van der Waals surface area (Å²) in [7, 11) is -1.67. The Morgan fingerprint density at radius 1 is 1.60 bits per heavy atom. The average Bonchev–Trinajstić information content (AvgIpc) is 2.67. The number of ether oxygens (including phenoxy) is 1. The van der Waals surface area contributed by atoms with Crippen molar-refractivity contribution >= 4 is 14.3 Å². The van der Waals surface area contributed by atoms with E-state index >= 15 is 0 Å². The van der Waals surface area contributed by atoms with Crippen molar-refractivity contribution in [2.24, 2.45) is 0 Å². The third-order valence-electron chi connectivity index (χ3n) is 2.94. The van der Waals surface area contributed by atoms with Gasteiger partial charge < -0.3 is 20.0 Å². The molecule has 1 aromatic rings. The van der Waals surface area contributed by atoms with Crippen molar-refractivity contribution in [3.05, 3.63) is 16.8 Å². The van der Waals surface area contributed by atoms with E-state index in [9.17, 15) is 9.90 Å². The minimum Gasteiger partial charge on any atom is -0.415 e. The first-order valence-electron chi connectivity index (χ1n) is 6.44. The van der Waals surface area contributed by atoms with Crippen molar-refractivity contribution in [3.8, 4) is 0 Å². The van der Waals surface area contributed by atoms with E-state index in [1.54, 1.807) is 0 Å². The van der Waals surface area contributed by atoms with Gasteiger partial charge in [-0.05, 0) is 19.6 Å². The lowest BCUT2D eigenvalue weighted by molar-refractivity contribution is -0.0426. The molecule has 3 atom stereocenters. The highest BCUT2D eigenvalue weighted by Gasteiger charge is 2.36. The molecule has 8 nitrogen and oxygen atoms in total. The molecule has 2 heterocycles. The Balaban J connectivity index is 2.05. The molecule has 0 aromatic carbocycles. The molecule has 1 fully saturated rings. The summed E-state index contributed by atoms with van der Waals surface area (Å²) in [6, 6.07) is 0. The Bertz CT molecular complexity index is 530. The van der Waals surface area contributed by atoms with Crippen molar-refractivity contribution in [1.29, 1.82) is 0 Å². The highest BCUT2D eigenvalue weighted by atomic mass is 28.4. The van der Waals surface area contributed by atoms with E-state index in [0.29, 0.717) is 13.0 Å². The number of nitrogens with zero attached hydrogens (tertiary/aromatic N) is 3. The number of hydrogen-bond acceptors (Lipinski definition) is 7. The zero-order chi connectivity index (χ0) is 14.9. The Morgan fingerprint density at radius 3 is 2.90 bits per heavy atom. The summed E-state index contributed by atoms with van der Waals surface area (Å²) in [5.41, 5.74) is 4.79. The molecule has 0 aliphatic carbocycles. The summed E-state index contributed by atoms with van der Waals surface area (Å²) < 4.78 is 12.6. The lowest BCUT2D eigenvalue weighted by Gasteiger charge is -2.22. The minimum atomic E-state index is -1.67. The predicted octanol–water partition coefficient (Wildman–Crippen LogP) is -0.280. The summed E-state index contributed by atoms with van der Waals surface area (Å²) in [5, 5.41) is 9.99. The van der Waals surface area contributed by atoms with Crippen LogP contribution in [0.5, 0.6) is 0 Å². The summed E-state index contributed by atoms with van der Waals surface area (Å²) >= 11 is 0. The summed E-state index contributed by atoms with van der Waals surface area (Å²) in [6.07, 6.45) is -0.137. The number of aliphatic hydroxyl groups excluding tert-OH is 1. The van der Waals surface area contributed by atoms with Gasteiger partial charge >= 0.3 is 5.69 Å². The standard InChI is InChI=1S/C11H20N4O4Si/c1-20(2,3)18-5-8-7(16)4-9(19-8)15-6-13-10(12)14-11(15)17/h6-9,16H,4-5H2,1-3H3,(H2,12,14,17)/t7-,8+,9+/m0/s1. The summed E-state index contributed by atoms with van der Waals surface area (Å²) in [5.74, 6) is -0.0802. The van der Waals surface area contributed by atoms with Gasteiger partial charge in [0.05, 0.1) is 12.7 Å². The minimum absolute atomic E-state index is 0.0802. The second-order valence-corrected chi connectivity index (χ2v) is 10.3. The first kappa shape index (κ1) is 15.1. The Labute approximate surface area is 117 Å². The van der Waals surface area contributed by atoms with E-state index in [1.165, 1.54) is 10.9 Å². The Kier molecular flexibility index (Phi) is 4.23. The van der Waals surface area contributed by atoms with E-state index in [1.807, 2.05) is 0 Å². The van der Waals surface area contributed by atoms with Crippen molar-refractivity contribution in [1.82, 2.24) is 14.5 Å². The number of anilines is 1. The van der Waals surface area contributed by atoms with Crippen LogP contribution in [0.1, 0.15) is 12.6 Å². The molecular weight excluding hydrogens is 280 g/mol. The van der Waals surface area contributed by atoms with Crippen molar-refractivity contribution in [2.45, 2.75) is 44.5 Å². The van der Waals surface area contributed by atoms with Crippen LogP contribution in [-0.2, 0) is 9.16 Å². The molecule has 1 saturated heterocycles. The van der Waals surface area contributed by atoms with Gasteiger partial charge in [0.1, 0.15) is 18.7 Å². The molecule has 0 spiro atoms. The molecule has 9 heteroatoms. The maximum absolute atomic E-state index is 11.7. The number of nitrogens with two attached hydrogens (primary N) is 1. The van der Waals surface area contributed by atoms with Gasteiger partial charge in [-0.3, -0.25) is 4.57 Å². The van der Waals surface area contributed by atoms with Crippen LogP contribution in [0.4, 0.5) is 5.95 Å². The van der Waals surface area contributed by atoms with E-state index in [0.717, 1.165) is 0 Å². The molecule has 0 radical (unpaired) electrons. The largest absolute Gasteiger partial charge is 0.415 e. The molecule has 0 unspecified atom stereocenters. The molecule has 0 amide bonds. The third kappa shape index (κ3) is 3.63. The van der Waals surface area contributed by atoms with Crippen LogP contribution in [0.3, 0.4) is 0 Å². The molecule has 1 aliphatic rings. The van der Waals surface area contributed by atoms with Gasteiger partial charge in [0.25, 0.3) is 0 Å². The lowest BCUT2D eigenvalue weighted by Crippen LogP contribution is -2.34. The number of aromatic nitrogens is 3. The topological polar surface area (TPSA) is 112 Å². The van der Waals surface area contributed by atoms with Crippen LogP contribution in [0, 0.1) is 0 Å². The zero-order valence-corrected chi connectivity index (χ0v) is 12.8. The molecule has 1 aromatic heterocycles. The van der Waals surface area contributed by atoms with E-state index < -0.39 is 32.4 Å². The maximum atomic E-state index is 11.7. The maximum Gasteiger partial charge on any atom is 0.354 e. The van der Waals surface area contributed by atoms with E-state index in [2.05, 4.69) is 29.6 Å². The van der Waals surface area contributed by atoms with Gasteiger partial charge in [0, 0.05) is 6.42 Å². The molecule has 112 valence electrons. The molecule has 1 aliphatic heterocycles. The van der Waals surface area contributed by atoms with Gasteiger partial charge in [-0.15, -0.1) is 0 Å². The van der Waals surface area contributed by atoms with E-state index in [4.69, 9.17) is 14.9 Å². The van der Waals surface area contributed by atoms with Gasteiger partial charge in [0.2, 0.25) is 5.95 Å². The summed E-state index contributed by atoms with van der Waals surface area (Å²) in [6.45, 7) is 6.50. The highest BCUT2D eigenvalue weighted by Crippen LogP contribution is 2.28. The van der Waals surface area contributed by atoms with Crippen LogP contribution < -0.4 is 11.4 Å². The fraction of sp³-hybridized carbons (Fsp3) is 0.727. The lowest BCUT2D eigenvalue weighted by atomic mass is 10.2. The second-order valence-electron chi connectivity index (χ2n) is 5.76. The van der Waals surface area contributed by atoms with Crippen LogP contribution in [0.2, 0.25) is 19.6 Å². The smallest absolute Gasteiger partial charge is 0.354 e. The first-order chi connectivity index (χ1) is 9.26. The van der Waals surface area contributed by atoms with Crippen molar-refractivity contribution in [2.75, 3.05) is 12.3 Å². The average molecular weight is 300 g/mol. The number of rotatable bonds is 4. The second kappa shape index (κ2) is 5.60. The molecular formula is C11H20N4O4Si. The number of aliphatic hydroxyl groups is 1. The van der Waals surface area contributed by atoms with Crippen molar-refractivity contribution < 1.29 is 14.3 Å². The molecule has 3 N–H and O–H groups in total. The van der Waals surface area contributed by atoms with Crippen molar-refractivity contribution in [3.63, 3.8) is 0 Å². The normalized spacial score (nSPS) is 26.9. The van der Waals surface area contributed by atoms with Crippen LogP contribution in [0.15, 0.2) is 11.1 Å². The predicted molar refractivity (Wildman–Crippen MR) is 74.5 cm³/mol. The summed E-state index contributed by atoms with van der Waals surface area (Å²) in [4.78, 5) is 19.0. The zero-order valence-electron chi connectivity index (χ0n) is 11.8. The van der Waals surface area contributed by atoms with E-state index in [-0.39, 0.29) is 5.95 Å².